The summed E-state index contributed by atoms with van der Waals surface area (Å²) in [6.07, 6.45) is 2.77. The molecule has 0 aliphatic heterocycles. The average molecular weight is 245 g/mol. The summed E-state index contributed by atoms with van der Waals surface area (Å²) in [5.41, 5.74) is 0. The average Bonchev–Trinajstić information content (AvgIpc) is 2.98. The van der Waals surface area contributed by atoms with Crippen molar-refractivity contribution in [2.24, 2.45) is 0 Å². The second-order valence-electron chi connectivity index (χ2n) is 4.09. The van der Waals surface area contributed by atoms with Crippen LogP contribution < -0.4 is 5.32 Å². The van der Waals surface area contributed by atoms with Gasteiger partial charge in [-0.1, -0.05) is 11.6 Å². The van der Waals surface area contributed by atoms with Gasteiger partial charge in [-0.15, -0.1) is 11.3 Å². The fourth-order valence-corrected chi connectivity index (χ4v) is 2.67. The number of thiophene rings is 1. The van der Waals surface area contributed by atoms with E-state index in [4.69, 9.17) is 11.6 Å². The van der Waals surface area contributed by atoms with Gasteiger partial charge in [0.05, 0.1) is 4.34 Å². The van der Waals surface area contributed by atoms with Gasteiger partial charge >= 0.3 is 0 Å². The van der Waals surface area contributed by atoms with Crippen molar-refractivity contribution in [2.75, 3.05) is 20.1 Å². The van der Waals surface area contributed by atoms with Crippen molar-refractivity contribution >= 4 is 22.9 Å². The van der Waals surface area contributed by atoms with Crippen LogP contribution in [0.1, 0.15) is 17.7 Å². The minimum absolute atomic E-state index is 0.864. The Morgan fingerprint density at radius 2 is 2.33 bits per heavy atom. The Bertz CT molecular complexity index is 309. The number of hydrogen-bond donors (Lipinski definition) is 1. The van der Waals surface area contributed by atoms with Gasteiger partial charge in [-0.25, -0.2) is 0 Å². The van der Waals surface area contributed by atoms with Crippen molar-refractivity contribution in [1.29, 1.82) is 0 Å². The Labute approximate surface area is 100 Å². The van der Waals surface area contributed by atoms with E-state index in [1.807, 2.05) is 6.07 Å². The predicted octanol–water partition coefficient (Wildman–Crippen LogP) is 2.59. The molecular weight excluding hydrogens is 228 g/mol. The van der Waals surface area contributed by atoms with Gasteiger partial charge in [-0.2, -0.15) is 0 Å². The molecule has 0 amide bonds. The SMILES string of the molecule is CN(CCNCc1ccc(Cl)s1)C1CC1. The third kappa shape index (κ3) is 3.76. The van der Waals surface area contributed by atoms with Crippen LogP contribution in [0.5, 0.6) is 0 Å². The molecule has 1 fully saturated rings. The van der Waals surface area contributed by atoms with Crippen molar-refractivity contribution in [3.05, 3.63) is 21.3 Å². The van der Waals surface area contributed by atoms with E-state index in [-0.39, 0.29) is 0 Å². The zero-order chi connectivity index (χ0) is 10.7. The van der Waals surface area contributed by atoms with Crippen molar-refractivity contribution < 1.29 is 0 Å². The molecule has 15 heavy (non-hydrogen) atoms. The number of halogens is 1. The number of nitrogens with zero attached hydrogens (tertiary/aromatic N) is 1. The molecule has 0 bridgehead atoms. The molecule has 2 rings (SSSR count). The van der Waals surface area contributed by atoms with Crippen LogP contribution in [-0.2, 0) is 6.54 Å². The van der Waals surface area contributed by atoms with Crippen molar-refractivity contribution in [3.8, 4) is 0 Å². The van der Waals surface area contributed by atoms with Crippen LogP contribution in [0.15, 0.2) is 12.1 Å². The van der Waals surface area contributed by atoms with E-state index in [0.717, 1.165) is 30.0 Å². The maximum absolute atomic E-state index is 5.86. The van der Waals surface area contributed by atoms with E-state index in [0.29, 0.717) is 0 Å². The lowest BCUT2D eigenvalue weighted by Gasteiger charge is -2.15. The lowest BCUT2D eigenvalue weighted by atomic mass is 10.4. The van der Waals surface area contributed by atoms with E-state index in [1.54, 1.807) is 11.3 Å². The molecule has 1 aromatic heterocycles. The van der Waals surface area contributed by atoms with Crippen LogP contribution in [0.2, 0.25) is 4.34 Å². The van der Waals surface area contributed by atoms with Crippen LogP contribution in [-0.4, -0.2) is 31.1 Å². The zero-order valence-electron chi connectivity index (χ0n) is 9.00. The largest absolute Gasteiger partial charge is 0.311 e. The third-order valence-electron chi connectivity index (χ3n) is 2.74. The molecule has 2 nitrogen and oxygen atoms in total. The summed E-state index contributed by atoms with van der Waals surface area (Å²) in [5.74, 6) is 0. The smallest absolute Gasteiger partial charge is 0.0931 e. The number of rotatable bonds is 6. The summed E-state index contributed by atoms with van der Waals surface area (Å²) in [5, 5.41) is 3.44. The summed E-state index contributed by atoms with van der Waals surface area (Å²) in [4.78, 5) is 3.75. The maximum atomic E-state index is 5.86. The van der Waals surface area contributed by atoms with Crippen LogP contribution in [0.3, 0.4) is 0 Å². The number of hydrogen-bond acceptors (Lipinski definition) is 3. The van der Waals surface area contributed by atoms with E-state index >= 15 is 0 Å². The quantitative estimate of drug-likeness (QED) is 0.774. The van der Waals surface area contributed by atoms with E-state index in [2.05, 4.69) is 23.3 Å². The molecule has 1 saturated carbocycles. The Kier molecular flexibility index (Phi) is 4.03. The van der Waals surface area contributed by atoms with Crippen LogP contribution in [0, 0.1) is 0 Å². The summed E-state index contributed by atoms with van der Waals surface area (Å²) < 4.78 is 0.877. The molecule has 1 N–H and O–H groups in total. The molecule has 1 aliphatic rings. The molecule has 1 aliphatic carbocycles. The highest BCUT2D eigenvalue weighted by Gasteiger charge is 2.25. The summed E-state index contributed by atoms with van der Waals surface area (Å²) >= 11 is 7.51. The number of nitrogens with one attached hydrogen (secondary N) is 1. The maximum Gasteiger partial charge on any atom is 0.0931 e. The van der Waals surface area contributed by atoms with Crippen molar-refractivity contribution in [2.45, 2.75) is 25.4 Å². The van der Waals surface area contributed by atoms with Gasteiger partial charge in [0.1, 0.15) is 0 Å². The molecule has 0 aromatic carbocycles. The Morgan fingerprint density at radius 1 is 1.53 bits per heavy atom. The highest BCUT2D eigenvalue weighted by Crippen LogP contribution is 2.24. The normalized spacial score (nSPS) is 16.2. The van der Waals surface area contributed by atoms with Gasteiger partial charge in [-0.3, -0.25) is 0 Å². The number of likely N-dealkylation sites (N-methyl/N-ethyl adjacent to an activating group) is 1. The first kappa shape index (κ1) is 11.4. The van der Waals surface area contributed by atoms with Crippen LogP contribution in [0.25, 0.3) is 0 Å². The minimum atomic E-state index is 0.864. The van der Waals surface area contributed by atoms with Gasteiger partial charge in [0.2, 0.25) is 0 Å². The lowest BCUT2D eigenvalue weighted by Crippen LogP contribution is -2.30. The molecule has 0 atom stereocenters. The zero-order valence-corrected chi connectivity index (χ0v) is 10.6. The highest BCUT2D eigenvalue weighted by atomic mass is 35.5. The predicted molar refractivity (Wildman–Crippen MR) is 66.7 cm³/mol. The minimum Gasteiger partial charge on any atom is -0.311 e. The van der Waals surface area contributed by atoms with Crippen molar-refractivity contribution in [3.63, 3.8) is 0 Å². The fourth-order valence-electron chi connectivity index (χ4n) is 1.61. The molecular formula is C11H17ClN2S. The Morgan fingerprint density at radius 3 is 2.93 bits per heavy atom. The Balaban J connectivity index is 1.58. The topological polar surface area (TPSA) is 15.3 Å². The van der Waals surface area contributed by atoms with Gasteiger partial charge < -0.3 is 10.2 Å². The van der Waals surface area contributed by atoms with E-state index in [1.165, 1.54) is 17.7 Å². The molecule has 4 heteroatoms. The van der Waals surface area contributed by atoms with E-state index in [9.17, 15) is 0 Å². The Hall–Kier alpha value is -0.0900. The molecule has 1 heterocycles. The van der Waals surface area contributed by atoms with Gasteiger partial charge in [0, 0.05) is 30.6 Å². The van der Waals surface area contributed by atoms with Crippen LogP contribution >= 0.6 is 22.9 Å². The standard InChI is InChI=1S/C11H17ClN2S/c1-14(9-2-3-9)7-6-13-8-10-4-5-11(12)15-10/h4-5,9,13H,2-3,6-8H2,1H3. The molecule has 0 saturated heterocycles. The van der Waals surface area contributed by atoms with Gasteiger partial charge in [-0.05, 0) is 32.0 Å². The first-order chi connectivity index (χ1) is 7.25. The van der Waals surface area contributed by atoms with Gasteiger partial charge in [0.15, 0.2) is 0 Å². The highest BCUT2D eigenvalue weighted by molar-refractivity contribution is 7.16. The van der Waals surface area contributed by atoms with Gasteiger partial charge in [0.25, 0.3) is 0 Å². The molecule has 84 valence electrons. The van der Waals surface area contributed by atoms with Crippen LogP contribution in [0.4, 0.5) is 0 Å². The lowest BCUT2D eigenvalue weighted by molar-refractivity contribution is 0.322. The third-order valence-corrected chi connectivity index (χ3v) is 3.97. The first-order valence-electron chi connectivity index (χ1n) is 5.41. The first-order valence-corrected chi connectivity index (χ1v) is 6.60. The summed E-state index contributed by atoms with van der Waals surface area (Å²) in [6, 6.07) is 4.91. The van der Waals surface area contributed by atoms with Crippen molar-refractivity contribution in [1.82, 2.24) is 10.2 Å². The second-order valence-corrected chi connectivity index (χ2v) is 5.89. The molecule has 0 unspecified atom stereocenters. The summed E-state index contributed by atoms with van der Waals surface area (Å²) in [6.45, 7) is 3.14. The second kappa shape index (κ2) is 5.30. The monoisotopic (exact) mass is 244 g/mol. The molecule has 1 aromatic rings. The summed E-state index contributed by atoms with van der Waals surface area (Å²) in [7, 11) is 2.21. The fraction of sp³-hybridized carbons (Fsp3) is 0.636. The molecule has 0 spiro atoms. The molecule has 0 radical (unpaired) electrons. The van der Waals surface area contributed by atoms with E-state index < -0.39 is 0 Å².